The molecule has 0 fully saturated rings. The fourth-order valence-corrected chi connectivity index (χ4v) is 2.20. The molecule has 1 unspecified atom stereocenters. The normalized spacial score (nSPS) is 12.1. The Kier molecular flexibility index (Phi) is 6.20. The summed E-state index contributed by atoms with van der Waals surface area (Å²) >= 11 is 0. The number of rotatable bonds is 8. The van der Waals surface area contributed by atoms with E-state index in [4.69, 9.17) is 0 Å². The molecule has 0 heterocycles. The average Bonchev–Trinajstić information content (AvgIpc) is 2.35. The van der Waals surface area contributed by atoms with Crippen molar-refractivity contribution in [3.05, 3.63) is 48.0 Å². The second-order valence-corrected chi connectivity index (χ2v) is 4.67. The molecule has 18 heavy (non-hydrogen) atoms. The maximum atomic E-state index is 11.4. The number of benzene rings is 1. The van der Waals surface area contributed by atoms with Crippen molar-refractivity contribution in [1.29, 1.82) is 0 Å². The molecule has 0 aliphatic carbocycles. The summed E-state index contributed by atoms with van der Waals surface area (Å²) in [7, 11) is 0. The van der Waals surface area contributed by atoms with Gasteiger partial charge in [0.05, 0.1) is 5.92 Å². The molecule has 1 aromatic rings. The van der Waals surface area contributed by atoms with Crippen molar-refractivity contribution >= 4 is 5.97 Å². The summed E-state index contributed by atoms with van der Waals surface area (Å²) < 4.78 is 0. The first-order valence-electron chi connectivity index (χ1n) is 6.56. The standard InChI is InChI=1S/C16H22O2/c1-3-4-5-6-7-12-15(16(17)18)14-11-9-8-10-13(14)2/h3,8-11,15H,1,4-7,12H2,2H3,(H,17,18). The van der Waals surface area contributed by atoms with Crippen molar-refractivity contribution < 1.29 is 9.90 Å². The number of hydrogen-bond donors (Lipinski definition) is 1. The topological polar surface area (TPSA) is 37.3 Å². The van der Waals surface area contributed by atoms with Crippen LogP contribution in [0.15, 0.2) is 36.9 Å². The third kappa shape index (κ3) is 4.36. The summed E-state index contributed by atoms with van der Waals surface area (Å²) in [5.41, 5.74) is 2.02. The number of carboxylic acid groups (broad SMARTS) is 1. The van der Waals surface area contributed by atoms with Gasteiger partial charge >= 0.3 is 5.97 Å². The highest BCUT2D eigenvalue weighted by Crippen LogP contribution is 2.25. The SMILES string of the molecule is C=CCCCCCC(C(=O)O)c1ccccc1C. The minimum atomic E-state index is -0.715. The molecule has 0 aromatic heterocycles. The lowest BCUT2D eigenvalue weighted by Crippen LogP contribution is -2.12. The van der Waals surface area contributed by atoms with Crippen LogP contribution in [0.25, 0.3) is 0 Å². The van der Waals surface area contributed by atoms with E-state index >= 15 is 0 Å². The van der Waals surface area contributed by atoms with Gasteiger partial charge in [-0.2, -0.15) is 0 Å². The van der Waals surface area contributed by atoms with Crippen LogP contribution in [0.3, 0.4) is 0 Å². The zero-order valence-corrected chi connectivity index (χ0v) is 11.1. The number of aryl methyl sites for hydroxylation is 1. The van der Waals surface area contributed by atoms with Crippen LogP contribution in [-0.2, 0) is 4.79 Å². The smallest absolute Gasteiger partial charge is 0.310 e. The van der Waals surface area contributed by atoms with Crippen LogP contribution in [0, 0.1) is 6.92 Å². The Balaban J connectivity index is 2.58. The first-order chi connectivity index (χ1) is 8.66. The van der Waals surface area contributed by atoms with E-state index in [-0.39, 0.29) is 5.92 Å². The van der Waals surface area contributed by atoms with Crippen molar-refractivity contribution in [3.8, 4) is 0 Å². The van der Waals surface area contributed by atoms with Crippen LogP contribution in [0.4, 0.5) is 0 Å². The van der Waals surface area contributed by atoms with Crippen molar-refractivity contribution in [2.75, 3.05) is 0 Å². The molecule has 0 amide bonds. The second kappa shape index (κ2) is 7.70. The molecular weight excluding hydrogens is 224 g/mol. The Bertz CT molecular complexity index is 396. The van der Waals surface area contributed by atoms with Gasteiger partial charge in [0.1, 0.15) is 0 Å². The van der Waals surface area contributed by atoms with Gasteiger partial charge in [0, 0.05) is 0 Å². The number of aliphatic carboxylic acids is 1. The maximum Gasteiger partial charge on any atom is 0.310 e. The summed E-state index contributed by atoms with van der Waals surface area (Å²) in [6.07, 6.45) is 6.78. The molecule has 0 saturated carbocycles. The van der Waals surface area contributed by atoms with Crippen molar-refractivity contribution in [2.45, 2.75) is 44.9 Å². The van der Waals surface area contributed by atoms with E-state index in [9.17, 15) is 9.90 Å². The molecule has 0 bridgehead atoms. The lowest BCUT2D eigenvalue weighted by atomic mass is 9.90. The second-order valence-electron chi connectivity index (χ2n) is 4.67. The van der Waals surface area contributed by atoms with Crippen LogP contribution in [0.5, 0.6) is 0 Å². The number of allylic oxidation sites excluding steroid dienone is 1. The number of unbranched alkanes of at least 4 members (excludes halogenated alkanes) is 3. The summed E-state index contributed by atoms with van der Waals surface area (Å²) in [6.45, 7) is 5.66. The molecule has 0 aliphatic heterocycles. The molecule has 0 spiro atoms. The molecule has 0 aliphatic rings. The maximum absolute atomic E-state index is 11.4. The third-order valence-corrected chi connectivity index (χ3v) is 3.26. The monoisotopic (exact) mass is 246 g/mol. The molecule has 98 valence electrons. The summed E-state index contributed by atoms with van der Waals surface area (Å²) in [4.78, 5) is 11.4. The Morgan fingerprint density at radius 2 is 2.06 bits per heavy atom. The highest BCUT2D eigenvalue weighted by atomic mass is 16.4. The quantitative estimate of drug-likeness (QED) is 0.548. The van der Waals surface area contributed by atoms with Crippen LogP contribution in [0.1, 0.15) is 49.1 Å². The number of carbonyl (C=O) groups is 1. The van der Waals surface area contributed by atoms with Gasteiger partial charge in [-0.25, -0.2) is 0 Å². The van der Waals surface area contributed by atoms with E-state index in [1.807, 2.05) is 37.3 Å². The molecule has 2 heteroatoms. The van der Waals surface area contributed by atoms with E-state index in [1.54, 1.807) is 0 Å². The number of hydrogen-bond acceptors (Lipinski definition) is 1. The molecule has 1 N–H and O–H groups in total. The molecule has 1 rings (SSSR count). The minimum Gasteiger partial charge on any atom is -0.481 e. The zero-order chi connectivity index (χ0) is 13.4. The molecule has 1 aromatic carbocycles. The van der Waals surface area contributed by atoms with E-state index < -0.39 is 5.97 Å². The van der Waals surface area contributed by atoms with Crippen LogP contribution in [0.2, 0.25) is 0 Å². The van der Waals surface area contributed by atoms with Gasteiger partial charge in [-0.1, -0.05) is 43.2 Å². The van der Waals surface area contributed by atoms with Gasteiger partial charge in [0.25, 0.3) is 0 Å². The summed E-state index contributed by atoms with van der Waals surface area (Å²) in [6, 6.07) is 7.76. The molecular formula is C16H22O2. The molecule has 0 radical (unpaired) electrons. The summed E-state index contributed by atoms with van der Waals surface area (Å²) in [5.74, 6) is -1.08. The number of carboxylic acids is 1. The van der Waals surface area contributed by atoms with Crippen LogP contribution >= 0.6 is 0 Å². The largest absolute Gasteiger partial charge is 0.481 e. The average molecular weight is 246 g/mol. The van der Waals surface area contributed by atoms with E-state index in [0.717, 1.165) is 43.2 Å². The molecule has 1 atom stereocenters. The highest BCUT2D eigenvalue weighted by molar-refractivity contribution is 5.76. The van der Waals surface area contributed by atoms with Gasteiger partial charge in [0.2, 0.25) is 0 Å². The lowest BCUT2D eigenvalue weighted by molar-refractivity contribution is -0.139. The molecule has 0 saturated heterocycles. The Morgan fingerprint density at radius 1 is 1.33 bits per heavy atom. The Labute approximate surface area is 109 Å². The zero-order valence-electron chi connectivity index (χ0n) is 11.1. The van der Waals surface area contributed by atoms with E-state index in [1.165, 1.54) is 0 Å². The predicted octanol–water partition coefficient (Wildman–Crippen LogP) is 4.30. The van der Waals surface area contributed by atoms with E-state index in [0.29, 0.717) is 0 Å². The third-order valence-electron chi connectivity index (χ3n) is 3.26. The summed E-state index contributed by atoms with van der Waals surface area (Å²) in [5, 5.41) is 9.34. The van der Waals surface area contributed by atoms with E-state index in [2.05, 4.69) is 6.58 Å². The first-order valence-corrected chi connectivity index (χ1v) is 6.56. The fraction of sp³-hybridized carbons (Fsp3) is 0.438. The van der Waals surface area contributed by atoms with Gasteiger partial charge < -0.3 is 5.11 Å². The minimum absolute atomic E-state index is 0.366. The van der Waals surface area contributed by atoms with Gasteiger partial charge in [-0.15, -0.1) is 6.58 Å². The van der Waals surface area contributed by atoms with Crippen molar-refractivity contribution in [1.82, 2.24) is 0 Å². The van der Waals surface area contributed by atoms with Crippen LogP contribution in [-0.4, -0.2) is 11.1 Å². The lowest BCUT2D eigenvalue weighted by Gasteiger charge is -2.15. The van der Waals surface area contributed by atoms with Gasteiger partial charge in [-0.3, -0.25) is 4.79 Å². The molecule has 2 nitrogen and oxygen atoms in total. The van der Waals surface area contributed by atoms with Crippen molar-refractivity contribution in [3.63, 3.8) is 0 Å². The van der Waals surface area contributed by atoms with Gasteiger partial charge in [-0.05, 0) is 37.3 Å². The highest BCUT2D eigenvalue weighted by Gasteiger charge is 2.20. The Morgan fingerprint density at radius 3 is 2.67 bits per heavy atom. The fourth-order valence-electron chi connectivity index (χ4n) is 2.20. The van der Waals surface area contributed by atoms with Crippen molar-refractivity contribution in [2.24, 2.45) is 0 Å². The first kappa shape index (κ1) is 14.5. The predicted molar refractivity (Wildman–Crippen MR) is 74.8 cm³/mol. The Hall–Kier alpha value is -1.57. The van der Waals surface area contributed by atoms with Crippen LogP contribution < -0.4 is 0 Å². The van der Waals surface area contributed by atoms with Gasteiger partial charge in [0.15, 0.2) is 0 Å².